The fraction of sp³-hybridized carbons (Fsp3) is 0.364. The summed E-state index contributed by atoms with van der Waals surface area (Å²) in [5.41, 5.74) is 1.94. The summed E-state index contributed by atoms with van der Waals surface area (Å²) in [4.78, 5) is 0. The highest BCUT2D eigenvalue weighted by atomic mass is 16.3. The van der Waals surface area contributed by atoms with Gasteiger partial charge in [-0.2, -0.15) is 5.10 Å². The predicted molar refractivity (Wildman–Crippen MR) is 56.5 cm³/mol. The zero-order valence-corrected chi connectivity index (χ0v) is 8.65. The molecule has 1 aromatic carbocycles. The largest absolute Gasteiger partial charge is 0.508 e. The number of fused-ring (bicyclic) bond motifs is 1. The monoisotopic (exact) mass is 190 g/mol. The minimum atomic E-state index is 0.333. The van der Waals surface area contributed by atoms with Crippen molar-refractivity contribution in [3.63, 3.8) is 0 Å². The highest BCUT2D eigenvalue weighted by Crippen LogP contribution is 2.29. The average Bonchev–Trinajstić information content (AvgIpc) is 2.46. The molecule has 0 saturated heterocycles. The minimum absolute atomic E-state index is 0.333. The third kappa shape index (κ3) is 1.25. The van der Waals surface area contributed by atoms with Crippen LogP contribution in [0.3, 0.4) is 0 Å². The molecule has 0 unspecified atom stereocenters. The number of phenolic OH excluding ortho intramolecular Hbond substituents is 1. The van der Waals surface area contributed by atoms with Crippen molar-refractivity contribution in [2.75, 3.05) is 0 Å². The first kappa shape index (κ1) is 9.06. The van der Waals surface area contributed by atoms with Crippen LogP contribution in [-0.4, -0.2) is 14.9 Å². The summed E-state index contributed by atoms with van der Waals surface area (Å²) in [6, 6.07) is 3.78. The van der Waals surface area contributed by atoms with Gasteiger partial charge in [0.15, 0.2) is 0 Å². The number of nitrogens with zero attached hydrogens (tertiary/aromatic N) is 2. The summed E-state index contributed by atoms with van der Waals surface area (Å²) in [6.45, 7) is 4.13. The number of aryl methyl sites for hydroxylation is 1. The zero-order chi connectivity index (χ0) is 10.3. The highest BCUT2D eigenvalue weighted by molar-refractivity contribution is 5.81. The summed E-state index contributed by atoms with van der Waals surface area (Å²) in [7, 11) is 1.87. The molecular weight excluding hydrogens is 176 g/mol. The first-order valence-electron chi connectivity index (χ1n) is 4.74. The fourth-order valence-electron chi connectivity index (χ4n) is 1.67. The third-order valence-corrected chi connectivity index (χ3v) is 2.52. The van der Waals surface area contributed by atoms with Gasteiger partial charge in [0.25, 0.3) is 0 Å². The van der Waals surface area contributed by atoms with Gasteiger partial charge in [0.05, 0.1) is 11.7 Å². The van der Waals surface area contributed by atoms with Crippen LogP contribution in [0.5, 0.6) is 5.75 Å². The lowest BCUT2D eigenvalue weighted by Crippen LogP contribution is -1.91. The quantitative estimate of drug-likeness (QED) is 0.749. The van der Waals surface area contributed by atoms with Gasteiger partial charge in [-0.25, -0.2) is 0 Å². The van der Waals surface area contributed by atoms with Crippen LogP contribution in [0.2, 0.25) is 0 Å². The smallest absolute Gasteiger partial charge is 0.121 e. The van der Waals surface area contributed by atoms with E-state index in [1.54, 1.807) is 10.7 Å². The number of aromatic nitrogens is 2. The van der Waals surface area contributed by atoms with Crippen LogP contribution in [0.4, 0.5) is 0 Å². The van der Waals surface area contributed by atoms with Gasteiger partial charge >= 0.3 is 0 Å². The lowest BCUT2D eigenvalue weighted by molar-refractivity contribution is 0.465. The van der Waals surface area contributed by atoms with Gasteiger partial charge in [-0.3, -0.25) is 4.68 Å². The van der Waals surface area contributed by atoms with E-state index in [-0.39, 0.29) is 0 Å². The standard InChI is InChI=1S/C11H14N2O/c1-7(2)9-4-8-6-12-13(3)10(8)5-11(9)14/h4-7,14H,1-3H3. The van der Waals surface area contributed by atoms with Gasteiger partial charge in [-0.1, -0.05) is 13.8 Å². The second-order valence-electron chi connectivity index (χ2n) is 3.89. The number of hydrogen-bond acceptors (Lipinski definition) is 2. The van der Waals surface area contributed by atoms with Gasteiger partial charge < -0.3 is 5.11 Å². The van der Waals surface area contributed by atoms with E-state index in [4.69, 9.17) is 0 Å². The van der Waals surface area contributed by atoms with Crippen LogP contribution in [0.25, 0.3) is 10.9 Å². The normalized spacial score (nSPS) is 11.4. The maximum absolute atomic E-state index is 9.78. The molecule has 0 spiro atoms. The van der Waals surface area contributed by atoms with Gasteiger partial charge in [0.1, 0.15) is 5.75 Å². The third-order valence-electron chi connectivity index (χ3n) is 2.52. The topological polar surface area (TPSA) is 38.0 Å². The van der Waals surface area contributed by atoms with E-state index in [0.29, 0.717) is 11.7 Å². The Morgan fingerprint density at radius 2 is 2.07 bits per heavy atom. The van der Waals surface area contributed by atoms with E-state index in [2.05, 4.69) is 18.9 Å². The summed E-state index contributed by atoms with van der Waals surface area (Å²) < 4.78 is 1.76. The van der Waals surface area contributed by atoms with E-state index >= 15 is 0 Å². The molecule has 14 heavy (non-hydrogen) atoms. The number of benzene rings is 1. The van der Waals surface area contributed by atoms with Crippen molar-refractivity contribution in [1.29, 1.82) is 0 Å². The molecule has 1 heterocycles. The van der Waals surface area contributed by atoms with Crippen LogP contribution >= 0.6 is 0 Å². The van der Waals surface area contributed by atoms with Crippen LogP contribution in [-0.2, 0) is 7.05 Å². The molecule has 1 aromatic heterocycles. The van der Waals surface area contributed by atoms with E-state index < -0.39 is 0 Å². The van der Waals surface area contributed by atoms with Crippen LogP contribution in [0.15, 0.2) is 18.3 Å². The van der Waals surface area contributed by atoms with Gasteiger partial charge in [0, 0.05) is 18.5 Å². The van der Waals surface area contributed by atoms with Crippen LogP contribution in [0.1, 0.15) is 25.3 Å². The first-order valence-corrected chi connectivity index (χ1v) is 4.74. The number of phenols is 1. The Morgan fingerprint density at radius 3 is 2.71 bits per heavy atom. The average molecular weight is 190 g/mol. The molecule has 0 bridgehead atoms. The molecular formula is C11H14N2O. The maximum atomic E-state index is 9.78. The van der Waals surface area contributed by atoms with Gasteiger partial charge in [0.2, 0.25) is 0 Å². The first-order chi connectivity index (χ1) is 6.59. The van der Waals surface area contributed by atoms with Crippen molar-refractivity contribution in [2.45, 2.75) is 19.8 Å². The summed E-state index contributed by atoms with van der Waals surface area (Å²) in [6.07, 6.45) is 1.82. The molecule has 3 nitrogen and oxygen atoms in total. The van der Waals surface area contributed by atoms with Crippen LogP contribution in [0, 0.1) is 0 Å². The molecule has 2 aromatic rings. The molecule has 0 aliphatic rings. The van der Waals surface area contributed by atoms with E-state index in [1.807, 2.05) is 19.3 Å². The molecule has 0 radical (unpaired) electrons. The molecule has 0 fully saturated rings. The fourth-order valence-corrected chi connectivity index (χ4v) is 1.67. The van der Waals surface area contributed by atoms with Crippen molar-refractivity contribution in [2.24, 2.45) is 7.05 Å². The maximum Gasteiger partial charge on any atom is 0.121 e. The second-order valence-corrected chi connectivity index (χ2v) is 3.89. The van der Waals surface area contributed by atoms with E-state index in [1.165, 1.54) is 0 Å². The van der Waals surface area contributed by atoms with Gasteiger partial charge in [-0.15, -0.1) is 0 Å². The molecule has 74 valence electrons. The predicted octanol–water partition coefficient (Wildman–Crippen LogP) is 2.40. The Morgan fingerprint density at radius 1 is 1.36 bits per heavy atom. The molecule has 0 atom stereocenters. The lowest BCUT2D eigenvalue weighted by atomic mass is 10.0. The summed E-state index contributed by atoms with van der Waals surface area (Å²) in [5.74, 6) is 0.690. The Hall–Kier alpha value is -1.51. The van der Waals surface area contributed by atoms with Crippen molar-refractivity contribution < 1.29 is 5.11 Å². The molecule has 1 N–H and O–H groups in total. The zero-order valence-electron chi connectivity index (χ0n) is 8.65. The molecule has 0 aliphatic carbocycles. The molecule has 0 amide bonds. The molecule has 2 rings (SSSR count). The lowest BCUT2D eigenvalue weighted by Gasteiger charge is -2.08. The Kier molecular flexibility index (Phi) is 1.95. The van der Waals surface area contributed by atoms with Crippen molar-refractivity contribution in [1.82, 2.24) is 9.78 Å². The molecule has 3 heteroatoms. The number of aromatic hydroxyl groups is 1. The number of hydrogen-bond donors (Lipinski definition) is 1. The Labute approximate surface area is 83.0 Å². The summed E-state index contributed by atoms with van der Waals surface area (Å²) in [5, 5.41) is 15.0. The van der Waals surface area contributed by atoms with Gasteiger partial charge in [-0.05, 0) is 17.5 Å². The van der Waals surface area contributed by atoms with Crippen molar-refractivity contribution in [3.05, 3.63) is 23.9 Å². The van der Waals surface area contributed by atoms with Crippen molar-refractivity contribution in [3.8, 4) is 5.75 Å². The Balaban J connectivity index is 2.72. The second kappa shape index (κ2) is 3.01. The highest BCUT2D eigenvalue weighted by Gasteiger charge is 2.09. The van der Waals surface area contributed by atoms with E-state index in [9.17, 15) is 5.11 Å². The van der Waals surface area contributed by atoms with E-state index in [0.717, 1.165) is 16.5 Å². The number of rotatable bonds is 1. The SMILES string of the molecule is CC(C)c1cc2cnn(C)c2cc1O. The Bertz CT molecular complexity index is 471. The molecule has 0 saturated carbocycles. The minimum Gasteiger partial charge on any atom is -0.508 e. The van der Waals surface area contributed by atoms with Crippen LogP contribution < -0.4 is 0 Å². The molecule has 0 aliphatic heterocycles. The van der Waals surface area contributed by atoms with Crippen molar-refractivity contribution >= 4 is 10.9 Å². The summed E-state index contributed by atoms with van der Waals surface area (Å²) >= 11 is 0.